The van der Waals surface area contributed by atoms with Gasteiger partial charge in [-0.2, -0.15) is 9.97 Å². The lowest BCUT2D eigenvalue weighted by Gasteiger charge is -2.31. The molecule has 0 spiro atoms. The predicted molar refractivity (Wildman–Crippen MR) is 268 cm³/mol. The van der Waals surface area contributed by atoms with E-state index >= 15 is 0 Å². The number of nitrogens with two attached hydrogens (primary N) is 1. The molecule has 3 heterocycles. The lowest BCUT2D eigenvalue weighted by atomic mass is 9.85. The molecule has 0 unspecified atom stereocenters. The highest BCUT2D eigenvalue weighted by Crippen LogP contribution is 2.32. The number of aliphatic hydroxyl groups excluding tert-OH is 1. The molecule has 0 bridgehead atoms. The highest BCUT2D eigenvalue weighted by molar-refractivity contribution is 5.58. The van der Waals surface area contributed by atoms with Gasteiger partial charge in [0.05, 0.1) is 27.7 Å². The van der Waals surface area contributed by atoms with Crippen molar-refractivity contribution in [2.24, 2.45) is 17.6 Å². The van der Waals surface area contributed by atoms with E-state index in [0.717, 1.165) is 70.4 Å². The van der Waals surface area contributed by atoms with Crippen molar-refractivity contribution in [1.29, 1.82) is 0 Å². The van der Waals surface area contributed by atoms with Crippen molar-refractivity contribution >= 4 is 34.9 Å². The van der Waals surface area contributed by atoms with E-state index in [1.807, 2.05) is 0 Å². The molecule has 2 aromatic carbocycles. The molecule has 4 aromatic rings. The van der Waals surface area contributed by atoms with E-state index in [0.29, 0.717) is 37.5 Å². The van der Waals surface area contributed by atoms with Crippen molar-refractivity contribution in [3.63, 3.8) is 0 Å². The molecule has 7 rings (SSSR count). The molecule has 1 aliphatic heterocycles. The molecule has 2 aromatic heterocycles. The highest BCUT2D eigenvalue weighted by Gasteiger charge is 2.34. The summed E-state index contributed by atoms with van der Waals surface area (Å²) in [5, 5.41) is 55.2. The van der Waals surface area contributed by atoms with Crippen LogP contribution in [0, 0.1) is 32.1 Å². The second-order valence-corrected chi connectivity index (χ2v) is 19.2. The van der Waals surface area contributed by atoms with Gasteiger partial charge < -0.3 is 56.7 Å². The Bertz CT molecular complexity index is 2390. The van der Waals surface area contributed by atoms with E-state index in [1.54, 1.807) is 32.9 Å². The monoisotopic (exact) mass is 1070 g/mol. The van der Waals surface area contributed by atoms with Gasteiger partial charge in [-0.25, -0.2) is 9.97 Å². The first kappa shape index (κ1) is 61.1. The number of nitrogens with one attached hydrogen (secondary N) is 5. The van der Waals surface area contributed by atoms with Crippen molar-refractivity contribution in [2.75, 3.05) is 54.1 Å². The Labute approximate surface area is 430 Å². The minimum atomic E-state index is -4.83. The van der Waals surface area contributed by atoms with Gasteiger partial charge in [0.15, 0.2) is 0 Å². The number of hydrogen-bond donors (Lipinski definition) is 8. The SMILES string of the molecule is CC(C)(O)CNC1CCC(CNc2nc(NCc3ccccc3OC(F)(F)F)ncc2[N+](=O)[O-])CC1.CC1(C)CO1.CCO.NC1CCC(CNc2nc(NCc3ccccc3OC(F)(F)F)ncc2[N+](=O)[O-])CC1. The predicted octanol–water partition coefficient (Wildman–Crippen LogP) is 8.85. The zero-order valence-electron chi connectivity index (χ0n) is 42.5. The van der Waals surface area contributed by atoms with Gasteiger partial charge >= 0.3 is 24.1 Å². The van der Waals surface area contributed by atoms with Crippen LogP contribution < -0.4 is 41.8 Å². The molecule has 416 valence electrons. The Morgan fingerprint density at radius 1 is 0.720 bits per heavy atom. The van der Waals surface area contributed by atoms with Crippen LogP contribution in [0.15, 0.2) is 60.9 Å². The number of anilines is 4. The third-order valence-electron chi connectivity index (χ3n) is 11.6. The van der Waals surface area contributed by atoms with Gasteiger partial charge in [-0.1, -0.05) is 36.4 Å². The van der Waals surface area contributed by atoms with Crippen LogP contribution in [0.4, 0.5) is 61.2 Å². The van der Waals surface area contributed by atoms with Crippen LogP contribution in [-0.4, -0.2) is 109 Å². The minimum Gasteiger partial charge on any atom is -0.405 e. The quantitative estimate of drug-likeness (QED) is 0.0188. The van der Waals surface area contributed by atoms with Crippen molar-refractivity contribution in [3.8, 4) is 11.5 Å². The van der Waals surface area contributed by atoms with Crippen molar-refractivity contribution in [1.82, 2.24) is 25.3 Å². The molecule has 0 radical (unpaired) electrons. The Balaban J connectivity index is 0.000000284. The van der Waals surface area contributed by atoms with Gasteiger partial charge in [0.25, 0.3) is 0 Å². The third-order valence-corrected chi connectivity index (χ3v) is 11.6. The number of alkyl halides is 6. The summed E-state index contributed by atoms with van der Waals surface area (Å²) in [7, 11) is 0. The Morgan fingerprint density at radius 2 is 1.09 bits per heavy atom. The van der Waals surface area contributed by atoms with Crippen LogP contribution in [0.5, 0.6) is 11.5 Å². The average Bonchev–Trinajstić information content (AvgIpc) is 4.04. The van der Waals surface area contributed by atoms with Gasteiger partial charge in [-0.3, -0.25) is 20.2 Å². The van der Waals surface area contributed by atoms with E-state index in [9.17, 15) is 51.7 Å². The molecule has 3 aliphatic rings. The average molecular weight is 1070 g/mol. The molecular formula is C48H68F6N12O9. The van der Waals surface area contributed by atoms with Gasteiger partial charge in [-0.05, 0) is 110 Å². The van der Waals surface area contributed by atoms with E-state index in [1.165, 1.54) is 36.4 Å². The summed E-state index contributed by atoms with van der Waals surface area (Å²) in [4.78, 5) is 37.8. The summed E-state index contributed by atoms with van der Waals surface area (Å²) in [5.41, 5.74) is 5.27. The van der Waals surface area contributed by atoms with Crippen LogP contribution in [-0.2, 0) is 17.8 Å². The number of nitrogens with zero attached hydrogens (tertiary/aromatic N) is 6. The molecule has 9 N–H and O–H groups in total. The zero-order valence-corrected chi connectivity index (χ0v) is 42.5. The van der Waals surface area contributed by atoms with Crippen molar-refractivity contribution in [2.45, 2.75) is 135 Å². The van der Waals surface area contributed by atoms with E-state index in [4.69, 9.17) is 15.6 Å². The molecule has 2 aliphatic carbocycles. The number of ether oxygens (including phenoxy) is 3. The molecule has 75 heavy (non-hydrogen) atoms. The number of rotatable bonds is 19. The number of nitro groups is 2. The Kier molecular flexibility index (Phi) is 23.2. The second kappa shape index (κ2) is 28.5. The first-order valence-electron chi connectivity index (χ1n) is 24.3. The number of aliphatic hydroxyl groups is 2. The fourth-order valence-electron chi connectivity index (χ4n) is 7.53. The van der Waals surface area contributed by atoms with Crippen LogP contribution >= 0.6 is 0 Å². The number of aromatic nitrogens is 4. The molecular weight excluding hydrogens is 1000 g/mol. The molecule has 3 fully saturated rings. The molecule has 21 nitrogen and oxygen atoms in total. The topological polar surface area (TPSA) is 295 Å². The van der Waals surface area contributed by atoms with Crippen LogP contribution in [0.1, 0.15) is 97.1 Å². The van der Waals surface area contributed by atoms with Crippen LogP contribution in [0.3, 0.4) is 0 Å². The summed E-state index contributed by atoms with van der Waals surface area (Å²) in [6.07, 6.45) is -0.174. The molecule has 0 atom stereocenters. The second-order valence-electron chi connectivity index (χ2n) is 19.2. The molecule has 2 saturated carbocycles. The van der Waals surface area contributed by atoms with Crippen LogP contribution in [0.2, 0.25) is 0 Å². The number of halogens is 6. The zero-order chi connectivity index (χ0) is 55.4. The number of para-hydroxylation sites is 2. The summed E-state index contributed by atoms with van der Waals surface area (Å²) < 4.78 is 88.6. The maximum atomic E-state index is 12.6. The maximum Gasteiger partial charge on any atom is 0.573 e. The smallest absolute Gasteiger partial charge is 0.405 e. The number of benzene rings is 2. The standard InChI is InChI=1S/C23H31F3N6O4.C19H23F3N6O3.C4H8O.C2H6O/c1-22(2,33)14-30-17-9-7-15(8-10-17)11-27-20-18(32(34)35)13-29-21(31-20)28-12-16-5-3-4-6-19(16)36-23(24,25)26;20-19(21,22)31-16-4-2-1-3-13(16)10-25-18-26-11-15(28(29)30)17(27-18)24-9-12-5-7-14(23)8-6-12;1-4(2)3-5-4;1-2-3/h3-6,13,15,17,30,33H,7-12,14H2,1-2H3,(H2,27,28,29,31);1-4,11-12,14H,5-10,23H2,(H2,24,25,26,27);3H2,1-2H3;3H,2H2,1H3. The van der Waals surface area contributed by atoms with E-state index in [2.05, 4.69) is 69.8 Å². The summed E-state index contributed by atoms with van der Waals surface area (Å²) in [6.45, 7) is 11.9. The lowest BCUT2D eigenvalue weighted by molar-refractivity contribution is -0.384. The lowest BCUT2D eigenvalue weighted by Crippen LogP contribution is -2.42. The molecule has 0 amide bonds. The van der Waals surface area contributed by atoms with E-state index < -0.39 is 28.2 Å². The fourth-order valence-corrected chi connectivity index (χ4v) is 7.53. The fraction of sp³-hybridized carbons (Fsp3) is 0.583. The number of hydrogen-bond acceptors (Lipinski definition) is 19. The van der Waals surface area contributed by atoms with Gasteiger partial charge in [-0.15, -0.1) is 26.3 Å². The third kappa shape index (κ3) is 23.8. The minimum absolute atomic E-state index is 0.0319. The summed E-state index contributed by atoms with van der Waals surface area (Å²) >= 11 is 0. The molecule has 27 heteroatoms. The summed E-state index contributed by atoms with van der Waals surface area (Å²) in [5.74, 6) is 0.0882. The largest absolute Gasteiger partial charge is 0.573 e. The number of epoxide rings is 1. The maximum absolute atomic E-state index is 12.6. The summed E-state index contributed by atoms with van der Waals surface area (Å²) in [6, 6.07) is 11.8. The first-order valence-corrected chi connectivity index (χ1v) is 24.3. The van der Waals surface area contributed by atoms with Gasteiger partial charge in [0.2, 0.25) is 23.5 Å². The van der Waals surface area contributed by atoms with E-state index in [-0.39, 0.29) is 88.9 Å². The van der Waals surface area contributed by atoms with Gasteiger partial charge in [0, 0.05) is 62.5 Å². The van der Waals surface area contributed by atoms with Crippen LogP contribution in [0.25, 0.3) is 0 Å². The first-order chi connectivity index (χ1) is 35.2. The highest BCUT2D eigenvalue weighted by atomic mass is 19.4. The Morgan fingerprint density at radius 3 is 1.44 bits per heavy atom. The normalized spacial score (nSPS) is 19.0. The van der Waals surface area contributed by atoms with Crippen molar-refractivity contribution < 1.29 is 60.6 Å². The van der Waals surface area contributed by atoms with Crippen molar-refractivity contribution in [3.05, 3.63) is 92.3 Å². The Hall–Kier alpha value is -6.42. The van der Waals surface area contributed by atoms with Gasteiger partial charge in [0.1, 0.15) is 23.9 Å². The molecule has 1 saturated heterocycles.